The molecule has 1 aliphatic rings. The highest BCUT2D eigenvalue weighted by Crippen LogP contribution is 2.31. The van der Waals surface area contributed by atoms with Gasteiger partial charge in [0.15, 0.2) is 0 Å². The van der Waals surface area contributed by atoms with E-state index >= 15 is 0 Å². The van der Waals surface area contributed by atoms with Gasteiger partial charge in [-0.25, -0.2) is 9.97 Å². The molecular weight excluding hydrogens is 520 g/mol. The van der Waals surface area contributed by atoms with Crippen molar-refractivity contribution in [2.24, 2.45) is 0 Å². The number of hydrogen-bond donors (Lipinski definition) is 0. The fourth-order valence-electron chi connectivity index (χ4n) is 5.20. The second-order valence-electron chi connectivity index (χ2n) is 10.0. The van der Waals surface area contributed by atoms with E-state index in [1.807, 2.05) is 72.8 Å². The number of aromatic nitrogens is 6. The molecule has 7 heterocycles. The molecule has 0 bridgehead atoms. The summed E-state index contributed by atoms with van der Waals surface area (Å²) in [6.07, 6.45) is 7.21. The Morgan fingerprint density at radius 3 is 0.881 bits per heavy atom. The van der Waals surface area contributed by atoms with Crippen molar-refractivity contribution < 1.29 is 0 Å². The molecular formula is C34H28N8. The molecule has 8 nitrogen and oxygen atoms in total. The quantitative estimate of drug-likeness (QED) is 0.249. The number of rotatable bonds is 6. The summed E-state index contributed by atoms with van der Waals surface area (Å²) in [5.41, 5.74) is 8.96. The molecule has 1 aliphatic heterocycles. The van der Waals surface area contributed by atoms with Gasteiger partial charge in [-0.15, -0.1) is 0 Å². The van der Waals surface area contributed by atoms with E-state index in [1.54, 1.807) is 24.8 Å². The van der Waals surface area contributed by atoms with Crippen molar-refractivity contribution in [2.75, 3.05) is 36.0 Å². The Balaban J connectivity index is 1.19. The van der Waals surface area contributed by atoms with Crippen molar-refractivity contribution in [2.45, 2.75) is 0 Å². The number of hydrogen-bond acceptors (Lipinski definition) is 8. The fraction of sp³-hybridized carbons (Fsp3) is 0.118. The van der Waals surface area contributed by atoms with Gasteiger partial charge in [-0.05, 0) is 72.8 Å². The van der Waals surface area contributed by atoms with E-state index in [0.717, 1.165) is 83.1 Å². The Morgan fingerprint density at radius 1 is 0.357 bits per heavy atom. The smallest absolute Gasteiger partial charge is 0.0914 e. The molecule has 0 N–H and O–H groups in total. The average molecular weight is 549 g/mol. The van der Waals surface area contributed by atoms with Crippen LogP contribution in [-0.4, -0.2) is 56.1 Å². The number of pyridine rings is 6. The molecule has 6 aromatic rings. The van der Waals surface area contributed by atoms with E-state index in [-0.39, 0.29) is 0 Å². The van der Waals surface area contributed by atoms with E-state index in [2.05, 4.69) is 54.0 Å². The fourth-order valence-corrected chi connectivity index (χ4v) is 5.20. The van der Waals surface area contributed by atoms with Gasteiger partial charge in [0.2, 0.25) is 0 Å². The van der Waals surface area contributed by atoms with Crippen LogP contribution in [0.25, 0.3) is 45.6 Å². The largest absolute Gasteiger partial charge is 0.368 e. The average Bonchev–Trinajstić information content (AvgIpc) is 3.09. The van der Waals surface area contributed by atoms with Crippen LogP contribution in [0.1, 0.15) is 0 Å². The third-order valence-electron chi connectivity index (χ3n) is 7.34. The van der Waals surface area contributed by atoms with Crippen LogP contribution < -0.4 is 9.80 Å². The molecule has 0 radical (unpaired) electrons. The summed E-state index contributed by atoms with van der Waals surface area (Å²) < 4.78 is 0. The summed E-state index contributed by atoms with van der Waals surface area (Å²) in [4.78, 5) is 32.9. The molecule has 204 valence electrons. The summed E-state index contributed by atoms with van der Waals surface area (Å²) in [7, 11) is 0. The molecule has 0 aromatic carbocycles. The molecule has 42 heavy (non-hydrogen) atoms. The Bertz CT molecular complexity index is 1520. The second-order valence-corrected chi connectivity index (χ2v) is 10.0. The van der Waals surface area contributed by atoms with Gasteiger partial charge >= 0.3 is 0 Å². The van der Waals surface area contributed by atoms with Crippen molar-refractivity contribution in [1.82, 2.24) is 29.9 Å². The molecule has 0 aliphatic carbocycles. The van der Waals surface area contributed by atoms with Gasteiger partial charge in [-0.1, -0.05) is 24.3 Å². The van der Waals surface area contributed by atoms with Crippen LogP contribution in [0, 0.1) is 0 Å². The van der Waals surface area contributed by atoms with Gasteiger partial charge in [0.25, 0.3) is 0 Å². The van der Waals surface area contributed by atoms with Gasteiger partial charge in [-0.2, -0.15) is 0 Å². The molecule has 6 aromatic heterocycles. The maximum absolute atomic E-state index is 4.93. The van der Waals surface area contributed by atoms with E-state index in [0.29, 0.717) is 0 Å². The lowest BCUT2D eigenvalue weighted by atomic mass is 10.1. The maximum atomic E-state index is 4.93. The number of piperazine rings is 1. The molecule has 0 amide bonds. The predicted molar refractivity (Wildman–Crippen MR) is 166 cm³/mol. The van der Waals surface area contributed by atoms with Gasteiger partial charge in [0, 0.05) is 62.3 Å². The molecule has 1 fully saturated rings. The molecule has 0 unspecified atom stereocenters. The SMILES string of the molecule is c1ccc(-c2cc(N3CCN(c4cc(-c5ccccn5)nc(-c5ccccn5)c4)CC3)cc(-c3ccccn3)n2)nc1. The first-order chi connectivity index (χ1) is 20.8. The van der Waals surface area contributed by atoms with Crippen molar-refractivity contribution in [3.05, 3.63) is 122 Å². The van der Waals surface area contributed by atoms with Crippen LogP contribution >= 0.6 is 0 Å². The first-order valence-corrected chi connectivity index (χ1v) is 14.0. The number of nitrogens with zero attached hydrogens (tertiary/aromatic N) is 8. The Morgan fingerprint density at radius 2 is 0.643 bits per heavy atom. The van der Waals surface area contributed by atoms with Gasteiger partial charge in [-0.3, -0.25) is 19.9 Å². The topological polar surface area (TPSA) is 83.8 Å². The van der Waals surface area contributed by atoms with Crippen molar-refractivity contribution in [1.29, 1.82) is 0 Å². The zero-order valence-corrected chi connectivity index (χ0v) is 23.0. The third-order valence-corrected chi connectivity index (χ3v) is 7.34. The molecule has 8 heteroatoms. The highest BCUT2D eigenvalue weighted by molar-refractivity contribution is 5.72. The number of anilines is 2. The van der Waals surface area contributed by atoms with Gasteiger partial charge < -0.3 is 9.80 Å². The molecule has 0 spiro atoms. The predicted octanol–water partition coefficient (Wildman–Crippen LogP) is 6.05. The monoisotopic (exact) mass is 548 g/mol. The lowest BCUT2D eigenvalue weighted by molar-refractivity contribution is 0.653. The van der Waals surface area contributed by atoms with Crippen molar-refractivity contribution in [3.8, 4) is 45.6 Å². The normalized spacial score (nSPS) is 13.2. The summed E-state index contributed by atoms with van der Waals surface area (Å²) in [6.45, 7) is 3.42. The lowest BCUT2D eigenvalue weighted by Gasteiger charge is -2.37. The Labute approximate surface area is 244 Å². The zero-order chi connectivity index (χ0) is 28.1. The van der Waals surface area contributed by atoms with Gasteiger partial charge in [0.1, 0.15) is 0 Å². The highest BCUT2D eigenvalue weighted by Gasteiger charge is 2.21. The van der Waals surface area contributed by atoms with Crippen LogP contribution in [-0.2, 0) is 0 Å². The summed E-state index contributed by atoms with van der Waals surface area (Å²) >= 11 is 0. The standard InChI is InChI=1S/C34H28N8/c1-5-13-35-27(9-1)31-21-25(22-32(39-31)28-10-2-6-14-36-28)41-17-19-42(20-18-41)26-23-33(29-11-3-7-15-37-29)40-34(24-26)30-12-4-8-16-38-30/h1-16,21-24H,17-20H2. The van der Waals surface area contributed by atoms with Crippen LogP contribution in [0.15, 0.2) is 122 Å². The van der Waals surface area contributed by atoms with Crippen molar-refractivity contribution >= 4 is 11.4 Å². The van der Waals surface area contributed by atoms with Gasteiger partial charge in [0.05, 0.1) is 45.6 Å². The van der Waals surface area contributed by atoms with Crippen LogP contribution in [0.4, 0.5) is 11.4 Å². The minimum atomic E-state index is 0.838. The first-order valence-electron chi connectivity index (χ1n) is 14.0. The third kappa shape index (κ3) is 5.42. The maximum Gasteiger partial charge on any atom is 0.0914 e. The first kappa shape index (κ1) is 25.5. The highest BCUT2D eigenvalue weighted by atomic mass is 15.3. The summed E-state index contributed by atoms with van der Waals surface area (Å²) in [5.74, 6) is 0. The Kier molecular flexibility index (Phi) is 7.00. The molecule has 0 atom stereocenters. The van der Waals surface area contributed by atoms with E-state index in [1.165, 1.54) is 0 Å². The van der Waals surface area contributed by atoms with E-state index in [4.69, 9.17) is 9.97 Å². The molecule has 0 saturated carbocycles. The van der Waals surface area contributed by atoms with E-state index < -0.39 is 0 Å². The van der Waals surface area contributed by atoms with E-state index in [9.17, 15) is 0 Å². The second kappa shape index (κ2) is 11.5. The zero-order valence-electron chi connectivity index (χ0n) is 23.0. The Hall–Kier alpha value is -5.50. The van der Waals surface area contributed by atoms with Crippen LogP contribution in [0.5, 0.6) is 0 Å². The lowest BCUT2D eigenvalue weighted by Crippen LogP contribution is -2.46. The van der Waals surface area contributed by atoms with Crippen LogP contribution in [0.2, 0.25) is 0 Å². The summed E-state index contributed by atoms with van der Waals surface area (Å²) in [6, 6.07) is 32.2. The minimum absolute atomic E-state index is 0.838. The van der Waals surface area contributed by atoms with Crippen molar-refractivity contribution in [3.63, 3.8) is 0 Å². The van der Waals surface area contributed by atoms with Crippen LogP contribution in [0.3, 0.4) is 0 Å². The molecule has 1 saturated heterocycles. The molecule has 7 rings (SSSR count). The summed E-state index contributed by atoms with van der Waals surface area (Å²) in [5, 5.41) is 0. The minimum Gasteiger partial charge on any atom is -0.368 e.